The van der Waals surface area contributed by atoms with E-state index in [1.807, 2.05) is 30.3 Å². The lowest BCUT2D eigenvalue weighted by Crippen LogP contribution is -1.88. The second-order valence-corrected chi connectivity index (χ2v) is 3.89. The molecule has 2 rings (SSSR count). The van der Waals surface area contributed by atoms with E-state index in [0.717, 1.165) is 35.6 Å². The van der Waals surface area contributed by atoms with Gasteiger partial charge in [0.1, 0.15) is 5.82 Å². The number of rotatable bonds is 4. The third kappa shape index (κ3) is 2.54. The largest absolute Gasteiger partial charge is 0.345 e. The van der Waals surface area contributed by atoms with Crippen molar-refractivity contribution in [1.29, 1.82) is 5.26 Å². The number of H-pyrrole nitrogens is 1. The molecule has 0 saturated carbocycles. The van der Waals surface area contributed by atoms with Crippen LogP contribution in [-0.4, -0.2) is 9.97 Å². The third-order valence-electron chi connectivity index (χ3n) is 2.70. The summed E-state index contributed by atoms with van der Waals surface area (Å²) in [5.41, 5.74) is 3.16. The summed E-state index contributed by atoms with van der Waals surface area (Å²) in [5, 5.41) is 8.67. The Hall–Kier alpha value is -2.08. The molecule has 0 aliphatic carbocycles. The Morgan fingerprint density at radius 1 is 1.29 bits per heavy atom. The lowest BCUT2D eigenvalue weighted by atomic mass is 10.1. The minimum absolute atomic E-state index is 0.519. The van der Waals surface area contributed by atoms with E-state index in [-0.39, 0.29) is 0 Å². The molecule has 0 fully saturated rings. The van der Waals surface area contributed by atoms with Gasteiger partial charge in [-0.15, -0.1) is 0 Å². The monoisotopic (exact) mass is 225 g/mol. The van der Waals surface area contributed by atoms with Gasteiger partial charge in [-0.3, -0.25) is 0 Å². The fourth-order valence-corrected chi connectivity index (χ4v) is 1.83. The fourth-order valence-electron chi connectivity index (χ4n) is 1.83. The summed E-state index contributed by atoms with van der Waals surface area (Å²) >= 11 is 0. The number of aryl methyl sites for hydroxylation is 2. The number of nitriles is 1. The van der Waals surface area contributed by atoms with Crippen molar-refractivity contribution in [1.82, 2.24) is 9.97 Å². The molecule has 1 heterocycles. The molecule has 0 bridgehead atoms. The van der Waals surface area contributed by atoms with Crippen LogP contribution < -0.4 is 0 Å². The molecule has 86 valence electrons. The number of benzene rings is 1. The van der Waals surface area contributed by atoms with Crippen LogP contribution in [0.5, 0.6) is 0 Å². The molecule has 3 nitrogen and oxygen atoms in total. The molecule has 0 spiro atoms. The summed E-state index contributed by atoms with van der Waals surface area (Å²) in [5.74, 6) is 0.983. The Labute approximate surface area is 101 Å². The van der Waals surface area contributed by atoms with Crippen LogP contribution in [0.3, 0.4) is 0 Å². The molecule has 0 aliphatic rings. The van der Waals surface area contributed by atoms with Crippen LogP contribution in [0.2, 0.25) is 0 Å². The van der Waals surface area contributed by atoms with Gasteiger partial charge in [0, 0.05) is 30.5 Å². The van der Waals surface area contributed by atoms with Crippen molar-refractivity contribution >= 4 is 0 Å². The highest BCUT2D eigenvalue weighted by atomic mass is 14.9. The molecule has 3 heteroatoms. The number of aromatic nitrogens is 2. The standard InChI is InChI=1S/C14H15N3/c1-2-13-16-12(9-6-10-15)14(17-13)11-7-4-3-5-8-11/h3-5,7-8H,2,6,9H2,1H3,(H,16,17). The van der Waals surface area contributed by atoms with E-state index in [9.17, 15) is 0 Å². The molecule has 0 saturated heterocycles. The SMILES string of the molecule is CCc1nc(-c2ccccc2)c(CCC#N)[nH]1. The normalized spacial score (nSPS) is 10.1. The average molecular weight is 225 g/mol. The number of nitrogens with one attached hydrogen (secondary N) is 1. The second kappa shape index (κ2) is 5.31. The average Bonchev–Trinajstić information content (AvgIpc) is 2.80. The van der Waals surface area contributed by atoms with Gasteiger partial charge in [0.15, 0.2) is 0 Å². The minimum atomic E-state index is 0.519. The van der Waals surface area contributed by atoms with Crippen molar-refractivity contribution < 1.29 is 0 Å². The fraction of sp³-hybridized carbons (Fsp3) is 0.286. The maximum atomic E-state index is 8.67. The number of hydrogen-bond donors (Lipinski definition) is 1. The number of nitrogens with zero attached hydrogens (tertiary/aromatic N) is 2. The van der Waals surface area contributed by atoms with Gasteiger partial charge in [-0.25, -0.2) is 4.98 Å². The van der Waals surface area contributed by atoms with Crippen LogP contribution >= 0.6 is 0 Å². The van der Waals surface area contributed by atoms with Crippen molar-refractivity contribution in [2.75, 3.05) is 0 Å². The summed E-state index contributed by atoms with van der Waals surface area (Å²) in [6, 6.07) is 12.3. The Balaban J connectivity index is 2.38. The summed E-state index contributed by atoms with van der Waals surface area (Å²) in [6.45, 7) is 2.07. The summed E-state index contributed by atoms with van der Waals surface area (Å²) in [7, 11) is 0. The van der Waals surface area contributed by atoms with Crippen molar-refractivity contribution in [2.24, 2.45) is 0 Å². The molecular weight excluding hydrogens is 210 g/mol. The van der Waals surface area contributed by atoms with Gasteiger partial charge in [-0.2, -0.15) is 5.26 Å². The topological polar surface area (TPSA) is 52.5 Å². The van der Waals surface area contributed by atoms with Crippen LogP contribution in [0, 0.1) is 11.3 Å². The predicted molar refractivity (Wildman–Crippen MR) is 67.3 cm³/mol. The molecule has 1 aromatic heterocycles. The van der Waals surface area contributed by atoms with Crippen molar-refractivity contribution in [3.63, 3.8) is 0 Å². The maximum Gasteiger partial charge on any atom is 0.106 e. The highest BCUT2D eigenvalue weighted by Gasteiger charge is 2.10. The molecule has 1 N–H and O–H groups in total. The van der Waals surface area contributed by atoms with Crippen molar-refractivity contribution in [2.45, 2.75) is 26.2 Å². The van der Waals surface area contributed by atoms with Crippen LogP contribution in [0.1, 0.15) is 24.9 Å². The summed E-state index contributed by atoms with van der Waals surface area (Å²) in [4.78, 5) is 7.89. The third-order valence-corrected chi connectivity index (χ3v) is 2.70. The van der Waals surface area contributed by atoms with Gasteiger partial charge < -0.3 is 4.98 Å². The van der Waals surface area contributed by atoms with Gasteiger partial charge in [-0.05, 0) is 0 Å². The van der Waals surface area contributed by atoms with Crippen molar-refractivity contribution in [3.05, 3.63) is 41.9 Å². The number of imidazole rings is 1. The quantitative estimate of drug-likeness (QED) is 0.869. The Morgan fingerprint density at radius 3 is 2.71 bits per heavy atom. The molecule has 0 radical (unpaired) electrons. The van der Waals surface area contributed by atoms with Gasteiger partial charge in [-0.1, -0.05) is 37.3 Å². The zero-order chi connectivity index (χ0) is 12.1. The zero-order valence-electron chi connectivity index (χ0n) is 9.90. The van der Waals surface area contributed by atoms with E-state index in [1.165, 1.54) is 0 Å². The summed E-state index contributed by atoms with van der Waals surface area (Å²) < 4.78 is 0. The highest BCUT2D eigenvalue weighted by molar-refractivity contribution is 5.62. The first kappa shape index (κ1) is 11.4. The van der Waals surface area contributed by atoms with E-state index >= 15 is 0 Å². The first-order chi connectivity index (χ1) is 8.35. The Bertz CT molecular complexity index is 520. The van der Waals surface area contributed by atoms with E-state index in [2.05, 4.69) is 23.0 Å². The molecule has 0 amide bonds. The molecule has 0 unspecified atom stereocenters. The zero-order valence-corrected chi connectivity index (χ0v) is 9.90. The minimum Gasteiger partial charge on any atom is -0.345 e. The number of aromatic amines is 1. The molecule has 0 atom stereocenters. The Kier molecular flexibility index (Phi) is 3.56. The first-order valence-corrected chi connectivity index (χ1v) is 5.85. The van der Waals surface area contributed by atoms with E-state index < -0.39 is 0 Å². The second-order valence-electron chi connectivity index (χ2n) is 3.89. The lowest BCUT2D eigenvalue weighted by molar-refractivity contribution is 0.931. The molecular formula is C14H15N3. The van der Waals surface area contributed by atoms with Crippen LogP contribution in [-0.2, 0) is 12.8 Å². The van der Waals surface area contributed by atoms with E-state index in [4.69, 9.17) is 5.26 Å². The van der Waals surface area contributed by atoms with E-state index in [0.29, 0.717) is 6.42 Å². The molecule has 1 aromatic carbocycles. The van der Waals surface area contributed by atoms with Gasteiger partial charge in [0.05, 0.1) is 11.8 Å². The van der Waals surface area contributed by atoms with Gasteiger partial charge >= 0.3 is 0 Å². The van der Waals surface area contributed by atoms with Crippen LogP contribution in [0.4, 0.5) is 0 Å². The van der Waals surface area contributed by atoms with Gasteiger partial charge in [0.2, 0.25) is 0 Å². The van der Waals surface area contributed by atoms with Gasteiger partial charge in [0.25, 0.3) is 0 Å². The van der Waals surface area contributed by atoms with E-state index in [1.54, 1.807) is 0 Å². The highest BCUT2D eigenvalue weighted by Crippen LogP contribution is 2.22. The maximum absolute atomic E-state index is 8.67. The Morgan fingerprint density at radius 2 is 2.06 bits per heavy atom. The predicted octanol–water partition coefficient (Wildman–Crippen LogP) is 3.10. The smallest absolute Gasteiger partial charge is 0.106 e. The van der Waals surface area contributed by atoms with Crippen LogP contribution in [0.25, 0.3) is 11.3 Å². The van der Waals surface area contributed by atoms with Crippen LogP contribution in [0.15, 0.2) is 30.3 Å². The molecule has 2 aromatic rings. The summed E-state index contributed by atoms with van der Waals surface area (Å²) in [6.07, 6.45) is 2.13. The first-order valence-electron chi connectivity index (χ1n) is 5.85. The molecule has 0 aliphatic heterocycles. The van der Waals surface area contributed by atoms with Crippen molar-refractivity contribution in [3.8, 4) is 17.3 Å². The lowest BCUT2D eigenvalue weighted by Gasteiger charge is -1.99. The molecule has 17 heavy (non-hydrogen) atoms. The number of hydrogen-bond acceptors (Lipinski definition) is 2.